The smallest absolute Gasteiger partial charge is 0.242 e. The summed E-state index contributed by atoms with van der Waals surface area (Å²) in [6.45, 7) is 5.20. The molecule has 6 nitrogen and oxygen atoms in total. The predicted molar refractivity (Wildman–Crippen MR) is 114 cm³/mol. The first-order valence-electron chi connectivity index (χ1n) is 8.87. The van der Waals surface area contributed by atoms with Gasteiger partial charge in [0.15, 0.2) is 11.5 Å². The maximum Gasteiger partial charge on any atom is 0.242 e. The lowest BCUT2D eigenvalue weighted by Gasteiger charge is -2.22. The van der Waals surface area contributed by atoms with Crippen LogP contribution in [0.1, 0.15) is 25.0 Å². The van der Waals surface area contributed by atoms with Crippen molar-refractivity contribution >= 4 is 26.0 Å². The van der Waals surface area contributed by atoms with Gasteiger partial charge in [0.25, 0.3) is 0 Å². The van der Waals surface area contributed by atoms with Gasteiger partial charge in [-0.05, 0) is 54.0 Å². The van der Waals surface area contributed by atoms with Crippen LogP contribution in [0.25, 0.3) is 0 Å². The third kappa shape index (κ3) is 5.47. The van der Waals surface area contributed by atoms with E-state index in [4.69, 9.17) is 9.47 Å². The maximum atomic E-state index is 12.9. The average Bonchev–Trinajstić information content (AvgIpc) is 2.66. The summed E-state index contributed by atoms with van der Waals surface area (Å²) in [7, 11) is 1.26. The van der Waals surface area contributed by atoms with Crippen LogP contribution in [0, 0.1) is 0 Å². The van der Waals surface area contributed by atoms with E-state index in [1.807, 2.05) is 31.3 Å². The number of hydrogen-bond donors (Lipinski definition) is 1. The molecule has 154 valence electrons. The molecule has 0 atom stereocenters. The summed E-state index contributed by atoms with van der Waals surface area (Å²) < 4.78 is 39.3. The highest BCUT2D eigenvalue weighted by Gasteiger charge is 2.21. The van der Waals surface area contributed by atoms with Crippen molar-refractivity contribution < 1.29 is 17.9 Å². The molecule has 0 aromatic heterocycles. The highest BCUT2D eigenvalue weighted by molar-refractivity contribution is 9.10. The molecule has 0 bridgehead atoms. The van der Waals surface area contributed by atoms with E-state index in [1.165, 1.54) is 20.3 Å². The Morgan fingerprint density at radius 3 is 2.21 bits per heavy atom. The number of benzene rings is 2. The largest absolute Gasteiger partial charge is 0.493 e. The predicted octanol–water partition coefficient (Wildman–Crippen LogP) is 3.79. The Bertz CT molecular complexity index is 916. The van der Waals surface area contributed by atoms with Gasteiger partial charge in [-0.1, -0.05) is 24.3 Å². The molecule has 0 heterocycles. The van der Waals surface area contributed by atoms with Gasteiger partial charge in [0.2, 0.25) is 10.0 Å². The summed E-state index contributed by atoms with van der Waals surface area (Å²) in [6.07, 6.45) is 0. The molecule has 28 heavy (non-hydrogen) atoms. The van der Waals surface area contributed by atoms with Crippen LogP contribution in [0.15, 0.2) is 45.8 Å². The Labute approximate surface area is 176 Å². The lowest BCUT2D eigenvalue weighted by molar-refractivity contribution is 0.265. The first-order valence-corrected chi connectivity index (χ1v) is 11.2. The fourth-order valence-corrected chi connectivity index (χ4v) is 4.67. The molecule has 0 amide bonds. The van der Waals surface area contributed by atoms with Crippen molar-refractivity contribution in [1.29, 1.82) is 0 Å². The van der Waals surface area contributed by atoms with Crippen LogP contribution in [-0.4, -0.2) is 40.6 Å². The van der Waals surface area contributed by atoms with Gasteiger partial charge in [0.1, 0.15) is 4.90 Å². The second-order valence-corrected chi connectivity index (χ2v) is 9.33. The molecule has 0 radical (unpaired) electrons. The summed E-state index contributed by atoms with van der Waals surface area (Å²) >= 11 is 3.32. The first-order chi connectivity index (χ1) is 13.2. The minimum absolute atomic E-state index is 0.0990. The van der Waals surface area contributed by atoms with Crippen molar-refractivity contribution in [3.05, 3.63) is 52.0 Å². The Hall–Kier alpha value is -1.61. The van der Waals surface area contributed by atoms with Crippen LogP contribution in [0.2, 0.25) is 0 Å². The van der Waals surface area contributed by atoms with Gasteiger partial charge in [0, 0.05) is 29.7 Å². The van der Waals surface area contributed by atoms with E-state index in [2.05, 4.69) is 39.4 Å². The molecular weight excluding hydrogens is 444 g/mol. The quantitative estimate of drug-likeness (QED) is 0.603. The lowest BCUT2D eigenvalue weighted by atomic mass is 10.1. The van der Waals surface area contributed by atoms with Crippen molar-refractivity contribution in [3.63, 3.8) is 0 Å². The summed E-state index contributed by atoms with van der Waals surface area (Å²) in [5.41, 5.74) is 2.03. The monoisotopic (exact) mass is 470 g/mol. The number of methoxy groups -OCH3 is 2. The zero-order chi connectivity index (χ0) is 20.9. The van der Waals surface area contributed by atoms with Crippen LogP contribution in [0.3, 0.4) is 0 Å². The Morgan fingerprint density at radius 1 is 1.07 bits per heavy atom. The number of nitrogens with zero attached hydrogens (tertiary/aromatic N) is 1. The van der Waals surface area contributed by atoms with Gasteiger partial charge in [-0.15, -0.1) is 0 Å². The topological polar surface area (TPSA) is 67.9 Å². The number of hydrogen-bond acceptors (Lipinski definition) is 5. The highest BCUT2D eigenvalue weighted by atomic mass is 79.9. The van der Waals surface area contributed by atoms with E-state index < -0.39 is 10.0 Å². The van der Waals surface area contributed by atoms with Crippen LogP contribution in [0.5, 0.6) is 11.5 Å². The zero-order valence-corrected chi connectivity index (χ0v) is 19.2. The Morgan fingerprint density at radius 2 is 1.64 bits per heavy atom. The van der Waals surface area contributed by atoms with Crippen molar-refractivity contribution in [2.45, 2.75) is 37.9 Å². The molecule has 0 aliphatic rings. The Kier molecular flexibility index (Phi) is 7.88. The van der Waals surface area contributed by atoms with Crippen molar-refractivity contribution in [2.75, 3.05) is 21.3 Å². The minimum atomic E-state index is -3.75. The van der Waals surface area contributed by atoms with Crippen LogP contribution in [-0.2, 0) is 23.1 Å². The molecule has 0 saturated carbocycles. The van der Waals surface area contributed by atoms with E-state index in [1.54, 1.807) is 6.07 Å². The molecule has 1 N–H and O–H groups in total. The molecule has 0 spiro atoms. The third-order valence-corrected chi connectivity index (χ3v) is 6.96. The van der Waals surface area contributed by atoms with Crippen LogP contribution in [0.4, 0.5) is 0 Å². The van der Waals surface area contributed by atoms with E-state index in [0.717, 1.165) is 17.7 Å². The van der Waals surface area contributed by atoms with Gasteiger partial charge in [-0.2, -0.15) is 0 Å². The zero-order valence-electron chi connectivity index (χ0n) is 16.8. The summed E-state index contributed by atoms with van der Waals surface area (Å²) in [4.78, 5) is 2.31. The second-order valence-electron chi connectivity index (χ2n) is 6.74. The first kappa shape index (κ1) is 22.7. The average molecular weight is 471 g/mol. The lowest BCUT2D eigenvalue weighted by Crippen LogP contribution is -2.28. The summed E-state index contributed by atoms with van der Waals surface area (Å²) in [5, 5.41) is 0. The van der Waals surface area contributed by atoms with Crippen molar-refractivity contribution in [3.8, 4) is 11.5 Å². The fraction of sp³-hybridized carbons (Fsp3) is 0.400. The van der Waals surface area contributed by atoms with Crippen molar-refractivity contribution in [1.82, 2.24) is 9.62 Å². The fourth-order valence-electron chi connectivity index (χ4n) is 2.63. The molecule has 0 unspecified atom stereocenters. The number of nitrogens with one attached hydrogen (secondary N) is 1. The third-order valence-electron chi connectivity index (χ3n) is 4.60. The molecule has 2 aromatic carbocycles. The van der Waals surface area contributed by atoms with Gasteiger partial charge in [-0.3, -0.25) is 4.90 Å². The van der Waals surface area contributed by atoms with E-state index in [9.17, 15) is 8.42 Å². The highest BCUT2D eigenvalue weighted by Crippen LogP contribution is 2.35. The van der Waals surface area contributed by atoms with E-state index in [0.29, 0.717) is 22.0 Å². The number of rotatable bonds is 9. The van der Waals surface area contributed by atoms with E-state index >= 15 is 0 Å². The van der Waals surface area contributed by atoms with E-state index in [-0.39, 0.29) is 11.4 Å². The number of sulfonamides is 1. The number of ether oxygens (including phenoxy) is 2. The normalized spacial score (nSPS) is 11.9. The molecular formula is C20H27BrN2O4S. The van der Waals surface area contributed by atoms with Gasteiger partial charge in [-0.25, -0.2) is 13.1 Å². The second kappa shape index (κ2) is 9.73. The molecule has 0 fully saturated rings. The molecule has 0 aliphatic carbocycles. The molecule has 8 heteroatoms. The van der Waals surface area contributed by atoms with Crippen LogP contribution >= 0.6 is 15.9 Å². The molecule has 0 aliphatic heterocycles. The molecule has 2 rings (SSSR count). The van der Waals surface area contributed by atoms with Gasteiger partial charge >= 0.3 is 0 Å². The summed E-state index contributed by atoms with van der Waals surface area (Å²) in [5.74, 6) is 0.806. The molecule has 2 aromatic rings. The summed E-state index contributed by atoms with van der Waals surface area (Å²) in [6, 6.07) is 11.3. The molecule has 0 saturated heterocycles. The number of halogens is 1. The maximum absolute atomic E-state index is 12.9. The Balaban J connectivity index is 2.25. The van der Waals surface area contributed by atoms with Crippen LogP contribution < -0.4 is 14.2 Å². The SMILES string of the molecule is COc1cc(Br)c(S(=O)(=O)NCc2ccccc2CN(C)C(C)C)cc1OC. The standard InChI is InChI=1S/C20H27BrN2O4S/c1-14(2)23(3)13-16-9-7-6-8-15(16)12-22-28(24,25)20-11-19(27-5)18(26-4)10-17(20)21/h6-11,14,22H,12-13H2,1-5H3. The van der Waals surface area contributed by atoms with Crippen molar-refractivity contribution in [2.24, 2.45) is 0 Å². The minimum Gasteiger partial charge on any atom is -0.493 e. The van der Waals surface area contributed by atoms with Gasteiger partial charge < -0.3 is 9.47 Å². The van der Waals surface area contributed by atoms with Gasteiger partial charge in [0.05, 0.1) is 14.2 Å².